The molecule has 0 radical (unpaired) electrons. The van der Waals surface area contributed by atoms with Crippen molar-refractivity contribution in [2.24, 2.45) is 5.92 Å². The smallest absolute Gasteiger partial charge is 0.0506 e. The van der Waals surface area contributed by atoms with E-state index in [1.54, 1.807) is 0 Å². The lowest BCUT2D eigenvalue weighted by molar-refractivity contribution is 0.0419. The number of hydrogen-bond acceptors (Lipinski definition) is 3. The van der Waals surface area contributed by atoms with Gasteiger partial charge in [-0.2, -0.15) is 0 Å². The maximum Gasteiger partial charge on any atom is 0.0506 e. The summed E-state index contributed by atoms with van der Waals surface area (Å²) in [5.41, 5.74) is 0. The first-order valence-electron chi connectivity index (χ1n) is 6.80. The molecule has 0 aliphatic carbocycles. The molecule has 1 atom stereocenters. The minimum Gasteiger partial charge on any atom is -0.381 e. The summed E-state index contributed by atoms with van der Waals surface area (Å²) in [6, 6.07) is 0. The third kappa shape index (κ3) is 6.46. The first-order chi connectivity index (χ1) is 7.83. The van der Waals surface area contributed by atoms with Crippen LogP contribution in [0.3, 0.4) is 0 Å². The SMILES string of the molecule is CCNCCCCN(C)CC1CCCOC1. The number of rotatable bonds is 8. The Bertz CT molecular complexity index is 158. The van der Waals surface area contributed by atoms with Crippen molar-refractivity contribution >= 4 is 0 Å². The standard InChI is InChI=1S/C13H28N2O/c1-3-14-8-4-5-9-15(2)11-13-7-6-10-16-12-13/h13-14H,3-12H2,1-2H3. The molecule has 3 heteroatoms. The van der Waals surface area contributed by atoms with Gasteiger partial charge in [0.1, 0.15) is 0 Å². The monoisotopic (exact) mass is 228 g/mol. The zero-order valence-electron chi connectivity index (χ0n) is 11.0. The van der Waals surface area contributed by atoms with E-state index in [1.807, 2.05) is 0 Å². The van der Waals surface area contributed by atoms with Crippen LogP contribution in [0.2, 0.25) is 0 Å². The Morgan fingerprint density at radius 1 is 1.38 bits per heavy atom. The normalized spacial score (nSPS) is 21.6. The van der Waals surface area contributed by atoms with Gasteiger partial charge in [0, 0.05) is 13.2 Å². The van der Waals surface area contributed by atoms with Crippen LogP contribution in [0.15, 0.2) is 0 Å². The third-order valence-electron chi connectivity index (χ3n) is 3.22. The summed E-state index contributed by atoms with van der Waals surface area (Å²) in [6.07, 6.45) is 5.19. The summed E-state index contributed by atoms with van der Waals surface area (Å²) in [4.78, 5) is 2.46. The molecule has 1 aliphatic rings. The van der Waals surface area contributed by atoms with Gasteiger partial charge in [-0.25, -0.2) is 0 Å². The first-order valence-corrected chi connectivity index (χ1v) is 6.80. The molecule has 0 spiro atoms. The largest absolute Gasteiger partial charge is 0.381 e. The Hall–Kier alpha value is -0.120. The van der Waals surface area contributed by atoms with Gasteiger partial charge in [0.15, 0.2) is 0 Å². The summed E-state index contributed by atoms with van der Waals surface area (Å²) in [5, 5.41) is 3.36. The molecule has 1 rings (SSSR count). The molecule has 1 fully saturated rings. The molecule has 0 saturated carbocycles. The number of nitrogens with zero attached hydrogens (tertiary/aromatic N) is 1. The van der Waals surface area contributed by atoms with Crippen molar-refractivity contribution in [2.75, 3.05) is 46.4 Å². The van der Waals surface area contributed by atoms with Crippen LogP contribution in [0.5, 0.6) is 0 Å². The number of hydrogen-bond donors (Lipinski definition) is 1. The average Bonchev–Trinajstić information content (AvgIpc) is 2.30. The Kier molecular flexibility index (Phi) is 7.81. The topological polar surface area (TPSA) is 24.5 Å². The van der Waals surface area contributed by atoms with Crippen molar-refractivity contribution in [3.8, 4) is 0 Å². The van der Waals surface area contributed by atoms with E-state index in [4.69, 9.17) is 4.74 Å². The van der Waals surface area contributed by atoms with E-state index in [0.29, 0.717) is 0 Å². The predicted molar refractivity (Wildman–Crippen MR) is 68.8 cm³/mol. The fraction of sp³-hybridized carbons (Fsp3) is 1.00. The number of unbranched alkanes of at least 4 members (excludes halogenated alkanes) is 1. The van der Waals surface area contributed by atoms with E-state index in [0.717, 1.165) is 32.2 Å². The van der Waals surface area contributed by atoms with Crippen LogP contribution in [0.4, 0.5) is 0 Å². The van der Waals surface area contributed by atoms with E-state index >= 15 is 0 Å². The van der Waals surface area contributed by atoms with Crippen molar-refractivity contribution in [2.45, 2.75) is 32.6 Å². The van der Waals surface area contributed by atoms with Gasteiger partial charge in [-0.15, -0.1) is 0 Å². The van der Waals surface area contributed by atoms with Gasteiger partial charge in [-0.05, 0) is 58.3 Å². The van der Waals surface area contributed by atoms with Crippen molar-refractivity contribution in [1.29, 1.82) is 0 Å². The van der Waals surface area contributed by atoms with Crippen molar-refractivity contribution in [3.05, 3.63) is 0 Å². The van der Waals surface area contributed by atoms with Gasteiger partial charge in [0.25, 0.3) is 0 Å². The summed E-state index contributed by atoms with van der Waals surface area (Å²) in [7, 11) is 2.24. The van der Waals surface area contributed by atoms with Gasteiger partial charge >= 0.3 is 0 Å². The Labute approximate surface area is 101 Å². The molecule has 0 bridgehead atoms. The van der Waals surface area contributed by atoms with E-state index in [9.17, 15) is 0 Å². The highest BCUT2D eigenvalue weighted by Gasteiger charge is 2.15. The lowest BCUT2D eigenvalue weighted by Gasteiger charge is -2.27. The lowest BCUT2D eigenvalue weighted by atomic mass is 10.0. The van der Waals surface area contributed by atoms with Crippen LogP contribution in [-0.4, -0.2) is 51.3 Å². The molecule has 16 heavy (non-hydrogen) atoms. The van der Waals surface area contributed by atoms with E-state index in [1.165, 1.54) is 38.8 Å². The average molecular weight is 228 g/mol. The van der Waals surface area contributed by atoms with Crippen LogP contribution < -0.4 is 5.32 Å². The van der Waals surface area contributed by atoms with Gasteiger partial charge < -0.3 is 15.0 Å². The Morgan fingerprint density at radius 3 is 2.94 bits per heavy atom. The fourth-order valence-electron chi connectivity index (χ4n) is 2.29. The number of ether oxygens (including phenoxy) is 1. The maximum atomic E-state index is 5.50. The molecule has 1 heterocycles. The Balaban J connectivity index is 1.95. The fourth-order valence-corrected chi connectivity index (χ4v) is 2.29. The van der Waals surface area contributed by atoms with Crippen LogP contribution in [0.25, 0.3) is 0 Å². The lowest BCUT2D eigenvalue weighted by Crippen LogP contribution is -2.31. The van der Waals surface area contributed by atoms with Gasteiger partial charge in [0.05, 0.1) is 6.61 Å². The van der Waals surface area contributed by atoms with Crippen molar-refractivity contribution in [1.82, 2.24) is 10.2 Å². The maximum absolute atomic E-state index is 5.50. The number of nitrogens with one attached hydrogen (secondary N) is 1. The van der Waals surface area contributed by atoms with Crippen LogP contribution in [-0.2, 0) is 4.74 Å². The van der Waals surface area contributed by atoms with Crippen molar-refractivity contribution < 1.29 is 4.74 Å². The second-order valence-corrected chi connectivity index (χ2v) is 4.91. The van der Waals surface area contributed by atoms with Crippen LogP contribution >= 0.6 is 0 Å². The molecule has 0 aromatic rings. The second kappa shape index (κ2) is 8.97. The quantitative estimate of drug-likeness (QED) is 0.640. The van der Waals surface area contributed by atoms with E-state index in [-0.39, 0.29) is 0 Å². The Morgan fingerprint density at radius 2 is 2.25 bits per heavy atom. The van der Waals surface area contributed by atoms with E-state index in [2.05, 4.69) is 24.2 Å². The second-order valence-electron chi connectivity index (χ2n) is 4.91. The summed E-state index contributed by atoms with van der Waals surface area (Å²) in [5.74, 6) is 0.771. The zero-order valence-corrected chi connectivity index (χ0v) is 11.0. The molecular formula is C13H28N2O. The molecule has 1 N–H and O–H groups in total. The van der Waals surface area contributed by atoms with Gasteiger partial charge in [0.2, 0.25) is 0 Å². The zero-order chi connectivity index (χ0) is 11.6. The molecule has 0 aromatic heterocycles. The third-order valence-corrected chi connectivity index (χ3v) is 3.22. The predicted octanol–water partition coefficient (Wildman–Crippen LogP) is 1.73. The minimum atomic E-state index is 0.771. The summed E-state index contributed by atoms with van der Waals surface area (Å²) in [6.45, 7) is 8.80. The van der Waals surface area contributed by atoms with Gasteiger partial charge in [-0.1, -0.05) is 6.92 Å². The highest BCUT2D eigenvalue weighted by Crippen LogP contribution is 2.14. The summed E-state index contributed by atoms with van der Waals surface area (Å²) < 4.78 is 5.50. The molecule has 0 aromatic carbocycles. The van der Waals surface area contributed by atoms with Crippen LogP contribution in [0.1, 0.15) is 32.6 Å². The minimum absolute atomic E-state index is 0.771. The molecule has 96 valence electrons. The molecular weight excluding hydrogens is 200 g/mol. The highest BCUT2D eigenvalue weighted by atomic mass is 16.5. The molecule has 1 unspecified atom stereocenters. The van der Waals surface area contributed by atoms with Crippen LogP contribution in [0, 0.1) is 5.92 Å². The molecule has 3 nitrogen and oxygen atoms in total. The van der Waals surface area contributed by atoms with Crippen molar-refractivity contribution in [3.63, 3.8) is 0 Å². The first kappa shape index (κ1) is 13.9. The molecule has 1 aliphatic heterocycles. The highest BCUT2D eigenvalue weighted by molar-refractivity contribution is 4.67. The molecule has 1 saturated heterocycles. The van der Waals surface area contributed by atoms with Gasteiger partial charge in [-0.3, -0.25) is 0 Å². The summed E-state index contributed by atoms with van der Waals surface area (Å²) >= 11 is 0. The van der Waals surface area contributed by atoms with E-state index < -0.39 is 0 Å². The molecule has 0 amide bonds.